The highest BCUT2D eigenvalue weighted by molar-refractivity contribution is 5.88. The molecule has 0 amide bonds. The maximum atomic E-state index is 3.45. The fourth-order valence-corrected chi connectivity index (χ4v) is 3.09. The quantitative estimate of drug-likeness (QED) is 0.842. The molecule has 1 N–H and O–H groups in total. The van der Waals surface area contributed by atoms with Crippen LogP contribution in [-0.2, 0) is 6.42 Å². The first kappa shape index (κ1) is 11.7. The van der Waals surface area contributed by atoms with Crippen molar-refractivity contribution in [3.8, 4) is 0 Å². The van der Waals surface area contributed by atoms with E-state index < -0.39 is 0 Å². The van der Waals surface area contributed by atoms with Crippen LogP contribution in [0.2, 0.25) is 0 Å². The van der Waals surface area contributed by atoms with Crippen molar-refractivity contribution in [2.75, 3.05) is 13.1 Å². The van der Waals surface area contributed by atoms with Gasteiger partial charge in [0.15, 0.2) is 0 Å². The maximum absolute atomic E-state index is 3.45. The Hall–Kier alpha value is -1.34. The minimum absolute atomic E-state index is 0.859. The summed E-state index contributed by atoms with van der Waals surface area (Å²) >= 11 is 0. The molecule has 1 aliphatic heterocycles. The zero-order valence-corrected chi connectivity index (χ0v) is 11.1. The minimum Gasteiger partial charge on any atom is -0.317 e. The van der Waals surface area contributed by atoms with Gasteiger partial charge in [0.25, 0.3) is 0 Å². The molecule has 18 heavy (non-hydrogen) atoms. The van der Waals surface area contributed by atoms with Crippen LogP contribution in [-0.4, -0.2) is 13.1 Å². The molecule has 1 heterocycles. The molecule has 0 aliphatic carbocycles. The molecule has 1 heteroatoms. The molecule has 1 aliphatic rings. The summed E-state index contributed by atoms with van der Waals surface area (Å²) < 4.78 is 0. The third-order valence-electron chi connectivity index (χ3n) is 4.20. The van der Waals surface area contributed by atoms with Crippen LogP contribution in [0.25, 0.3) is 10.8 Å². The van der Waals surface area contributed by atoms with E-state index in [2.05, 4.69) is 48.6 Å². The van der Waals surface area contributed by atoms with E-state index in [0.29, 0.717) is 0 Å². The number of aryl methyl sites for hydroxylation is 1. The molecule has 0 bridgehead atoms. The number of fused-ring (bicyclic) bond motifs is 1. The first-order valence-corrected chi connectivity index (χ1v) is 7.02. The van der Waals surface area contributed by atoms with Crippen LogP contribution in [0.4, 0.5) is 0 Å². The normalized spacial score (nSPS) is 17.2. The zero-order chi connectivity index (χ0) is 12.4. The van der Waals surface area contributed by atoms with Gasteiger partial charge >= 0.3 is 0 Å². The average molecular weight is 239 g/mol. The van der Waals surface area contributed by atoms with E-state index in [-0.39, 0.29) is 0 Å². The van der Waals surface area contributed by atoms with E-state index in [1.165, 1.54) is 54.3 Å². The second-order valence-corrected chi connectivity index (χ2v) is 5.48. The second-order valence-electron chi connectivity index (χ2n) is 5.48. The van der Waals surface area contributed by atoms with Gasteiger partial charge in [-0.15, -0.1) is 0 Å². The van der Waals surface area contributed by atoms with Gasteiger partial charge < -0.3 is 5.32 Å². The highest BCUT2D eigenvalue weighted by Crippen LogP contribution is 2.26. The molecule has 2 aromatic rings. The topological polar surface area (TPSA) is 12.0 Å². The lowest BCUT2D eigenvalue weighted by atomic mass is 9.88. The maximum Gasteiger partial charge on any atom is -0.00462 e. The van der Waals surface area contributed by atoms with E-state index in [0.717, 1.165) is 5.92 Å². The van der Waals surface area contributed by atoms with Gasteiger partial charge in [0.2, 0.25) is 0 Å². The van der Waals surface area contributed by atoms with Crippen LogP contribution >= 0.6 is 0 Å². The summed E-state index contributed by atoms with van der Waals surface area (Å²) in [6.45, 7) is 4.58. The molecule has 0 unspecified atom stereocenters. The predicted octanol–water partition coefficient (Wildman–Crippen LogP) is 3.69. The van der Waals surface area contributed by atoms with Gasteiger partial charge in [0.1, 0.15) is 0 Å². The fourth-order valence-electron chi connectivity index (χ4n) is 3.09. The van der Waals surface area contributed by atoms with Crippen molar-refractivity contribution in [1.29, 1.82) is 0 Å². The fraction of sp³-hybridized carbons (Fsp3) is 0.412. The van der Waals surface area contributed by atoms with Crippen LogP contribution in [0.15, 0.2) is 36.4 Å². The average Bonchev–Trinajstić information content (AvgIpc) is 2.44. The summed E-state index contributed by atoms with van der Waals surface area (Å²) in [4.78, 5) is 0. The van der Waals surface area contributed by atoms with Crippen LogP contribution < -0.4 is 5.32 Å². The molecule has 94 valence electrons. The Bertz CT molecular complexity index is 538. The molecule has 3 rings (SSSR count). The highest BCUT2D eigenvalue weighted by atomic mass is 14.9. The van der Waals surface area contributed by atoms with Crippen molar-refractivity contribution >= 4 is 10.8 Å². The Morgan fingerprint density at radius 1 is 1.00 bits per heavy atom. The summed E-state index contributed by atoms with van der Waals surface area (Å²) in [5, 5.41) is 6.32. The van der Waals surface area contributed by atoms with Crippen LogP contribution in [0.5, 0.6) is 0 Å². The summed E-state index contributed by atoms with van der Waals surface area (Å²) in [7, 11) is 0. The third-order valence-corrected chi connectivity index (χ3v) is 4.20. The number of benzene rings is 2. The molecule has 1 nitrogen and oxygen atoms in total. The molecule has 0 spiro atoms. The first-order chi connectivity index (χ1) is 8.84. The second kappa shape index (κ2) is 5.11. The molecule has 1 fully saturated rings. The zero-order valence-electron chi connectivity index (χ0n) is 11.1. The van der Waals surface area contributed by atoms with Crippen molar-refractivity contribution in [2.45, 2.75) is 26.2 Å². The molecular weight excluding hydrogens is 218 g/mol. The molecule has 0 aromatic heterocycles. The van der Waals surface area contributed by atoms with Crippen molar-refractivity contribution in [3.05, 3.63) is 47.5 Å². The minimum atomic E-state index is 0.859. The number of nitrogens with one attached hydrogen (secondary N) is 1. The first-order valence-electron chi connectivity index (χ1n) is 7.02. The SMILES string of the molecule is Cc1ccc(CC2CCNCC2)c2ccccc12. The molecule has 1 saturated heterocycles. The van der Waals surface area contributed by atoms with Gasteiger partial charge in [-0.05, 0) is 67.1 Å². The Kier molecular flexibility index (Phi) is 3.33. The standard InChI is InChI=1S/C17H21N/c1-13-6-7-15(12-14-8-10-18-11-9-14)17-5-3-2-4-16(13)17/h2-7,14,18H,8-12H2,1H3. The van der Waals surface area contributed by atoms with E-state index in [9.17, 15) is 0 Å². The summed E-state index contributed by atoms with van der Waals surface area (Å²) in [5.74, 6) is 0.859. The summed E-state index contributed by atoms with van der Waals surface area (Å²) in [6.07, 6.45) is 3.88. The van der Waals surface area contributed by atoms with Crippen LogP contribution in [0.3, 0.4) is 0 Å². The third kappa shape index (κ3) is 2.28. The Morgan fingerprint density at radius 3 is 2.50 bits per heavy atom. The number of piperidine rings is 1. The molecule has 2 aromatic carbocycles. The van der Waals surface area contributed by atoms with Gasteiger partial charge in [-0.3, -0.25) is 0 Å². The van der Waals surface area contributed by atoms with Crippen molar-refractivity contribution < 1.29 is 0 Å². The van der Waals surface area contributed by atoms with Gasteiger partial charge in [0.05, 0.1) is 0 Å². The lowest BCUT2D eigenvalue weighted by molar-refractivity contribution is 0.373. The van der Waals surface area contributed by atoms with Crippen molar-refractivity contribution in [1.82, 2.24) is 5.32 Å². The van der Waals surface area contributed by atoms with E-state index in [4.69, 9.17) is 0 Å². The highest BCUT2D eigenvalue weighted by Gasteiger charge is 2.14. The lowest BCUT2D eigenvalue weighted by Crippen LogP contribution is -2.28. The van der Waals surface area contributed by atoms with Crippen LogP contribution in [0, 0.1) is 12.8 Å². The van der Waals surface area contributed by atoms with Gasteiger partial charge in [-0.25, -0.2) is 0 Å². The predicted molar refractivity (Wildman–Crippen MR) is 78.0 cm³/mol. The Labute approximate surface area is 109 Å². The molecule has 0 saturated carbocycles. The summed E-state index contributed by atoms with van der Waals surface area (Å²) in [5.41, 5.74) is 2.92. The lowest BCUT2D eigenvalue weighted by Gasteiger charge is -2.23. The van der Waals surface area contributed by atoms with E-state index >= 15 is 0 Å². The monoisotopic (exact) mass is 239 g/mol. The van der Waals surface area contributed by atoms with Gasteiger partial charge in [0, 0.05) is 0 Å². The molecular formula is C17H21N. The smallest absolute Gasteiger partial charge is 0.00462 e. The van der Waals surface area contributed by atoms with Crippen molar-refractivity contribution in [2.24, 2.45) is 5.92 Å². The van der Waals surface area contributed by atoms with Gasteiger partial charge in [-0.2, -0.15) is 0 Å². The van der Waals surface area contributed by atoms with Crippen molar-refractivity contribution in [3.63, 3.8) is 0 Å². The summed E-state index contributed by atoms with van der Waals surface area (Å²) in [6, 6.07) is 13.4. The van der Waals surface area contributed by atoms with E-state index in [1.807, 2.05) is 0 Å². The molecule has 0 radical (unpaired) electrons. The van der Waals surface area contributed by atoms with Gasteiger partial charge in [-0.1, -0.05) is 36.4 Å². The largest absolute Gasteiger partial charge is 0.317 e. The Balaban J connectivity index is 1.94. The Morgan fingerprint density at radius 2 is 1.72 bits per heavy atom. The van der Waals surface area contributed by atoms with Crippen LogP contribution in [0.1, 0.15) is 24.0 Å². The number of hydrogen-bond acceptors (Lipinski definition) is 1. The molecule has 0 atom stereocenters. The van der Waals surface area contributed by atoms with E-state index in [1.54, 1.807) is 0 Å². The number of rotatable bonds is 2. The number of hydrogen-bond donors (Lipinski definition) is 1.